The fraction of sp³-hybridized carbons (Fsp3) is 0. The van der Waals surface area contributed by atoms with Crippen LogP contribution in [0.2, 0.25) is 0 Å². The molecule has 29 valence electrons. The Morgan fingerprint density at radius 3 is 1.00 bits per heavy atom. The van der Waals surface area contributed by atoms with Crippen molar-refractivity contribution in [3.8, 4) is 0 Å². The zero-order chi connectivity index (χ0) is 3.58. The van der Waals surface area contributed by atoms with E-state index in [9.17, 15) is 0 Å². The molecule has 0 spiro atoms. The van der Waals surface area contributed by atoms with Crippen molar-refractivity contribution < 1.29 is 33.4 Å². The number of rotatable bonds is 0. The molecule has 0 nitrogen and oxygen atoms in total. The van der Waals surface area contributed by atoms with Crippen molar-refractivity contribution in [2.45, 2.75) is 0 Å². The zero-order valence-corrected chi connectivity index (χ0v) is 8.53. The Kier molecular flexibility index (Phi) is 13.9. The van der Waals surface area contributed by atoms with E-state index in [0.717, 1.165) is 0 Å². The summed E-state index contributed by atoms with van der Waals surface area (Å²) in [4.78, 5) is 0. The predicted octanol–water partition coefficient (Wildman–Crippen LogP) is 2.58. The van der Waals surface area contributed by atoms with Crippen LogP contribution in [0.25, 0.3) is 0 Å². The van der Waals surface area contributed by atoms with Crippen LogP contribution in [0.4, 0.5) is 0 Å². The van der Waals surface area contributed by atoms with E-state index in [4.69, 9.17) is 0 Å². The summed E-state index contributed by atoms with van der Waals surface area (Å²) >= 11 is -1.09. The summed E-state index contributed by atoms with van der Waals surface area (Å²) in [6.07, 6.45) is 0. The van der Waals surface area contributed by atoms with Crippen LogP contribution in [0, 0.1) is 0 Å². The van der Waals surface area contributed by atoms with Crippen LogP contribution in [0.3, 0.4) is 0 Å². The van der Waals surface area contributed by atoms with Crippen molar-refractivity contribution in [1.29, 1.82) is 0 Å². The first-order valence-corrected chi connectivity index (χ1v) is 8.42. The van der Waals surface area contributed by atoms with Crippen LogP contribution in [-0.4, -0.2) is 0 Å². The van der Waals surface area contributed by atoms with Gasteiger partial charge in [0.05, 0.1) is 0 Å². The Labute approximate surface area is 53.8 Å². The van der Waals surface area contributed by atoms with Gasteiger partial charge in [0.2, 0.25) is 0 Å². The third-order valence-corrected chi connectivity index (χ3v) is 0. The van der Waals surface area contributed by atoms with E-state index in [2.05, 4.69) is 20.7 Å². The molecule has 0 fully saturated rings. The minimum atomic E-state index is -1.09. The molecule has 0 saturated carbocycles. The summed E-state index contributed by atoms with van der Waals surface area (Å²) in [5.41, 5.74) is 0. The van der Waals surface area contributed by atoms with Crippen molar-refractivity contribution in [3.05, 3.63) is 0 Å². The van der Waals surface area contributed by atoms with Gasteiger partial charge in [-0.25, -0.2) is 0 Å². The first-order chi connectivity index (χ1) is 1.73. The zero-order valence-electron chi connectivity index (χ0n) is 2.10. The van der Waals surface area contributed by atoms with Crippen molar-refractivity contribution in [2.75, 3.05) is 0 Å². The molecule has 0 N–H and O–H groups in total. The van der Waals surface area contributed by atoms with Crippen LogP contribution in [0.5, 0.6) is 0 Å². The molecule has 0 amide bonds. The van der Waals surface area contributed by atoms with Gasteiger partial charge in [0.25, 0.3) is 0 Å². The SMILES string of the molecule is [Mo].[P]#[Ru](#[P])#[P]. The summed E-state index contributed by atoms with van der Waals surface area (Å²) in [5.74, 6) is 0. The monoisotopic (exact) mass is 293 g/mol. The van der Waals surface area contributed by atoms with Gasteiger partial charge in [-0.1, -0.05) is 0 Å². The van der Waals surface area contributed by atoms with Crippen molar-refractivity contribution in [3.63, 3.8) is 0 Å². The number of hydrogen-bond acceptors (Lipinski definition) is 0. The molecule has 0 aliphatic rings. The topological polar surface area (TPSA) is 0 Å². The van der Waals surface area contributed by atoms with Crippen molar-refractivity contribution in [2.24, 2.45) is 0 Å². The molecular formula is MoP3Ru. The van der Waals surface area contributed by atoms with E-state index in [1.165, 1.54) is 0 Å². The molecule has 5 heavy (non-hydrogen) atoms. The molecule has 5 heteroatoms. The molecule has 0 aromatic rings. The minimum absolute atomic E-state index is 0. The molecule has 0 radical (unpaired) electrons. The Hall–Kier alpha value is 2.60. The summed E-state index contributed by atoms with van der Waals surface area (Å²) in [6, 6.07) is 0. The summed E-state index contributed by atoms with van der Waals surface area (Å²) in [6.45, 7) is 11.5. The second-order valence-electron chi connectivity index (χ2n) is 0.212. The Balaban J connectivity index is 0. The second kappa shape index (κ2) is 6.60. The van der Waals surface area contributed by atoms with E-state index < -0.39 is 12.4 Å². The maximum absolute atomic E-state index is 3.84. The van der Waals surface area contributed by atoms with E-state index in [1.807, 2.05) is 0 Å². The standard InChI is InChI=1S/Mo.3P.Ru. The molecule has 0 rings (SSSR count). The van der Waals surface area contributed by atoms with Crippen LogP contribution >= 0.6 is 20.7 Å². The third-order valence-electron chi connectivity index (χ3n) is 0. The molecule has 0 bridgehead atoms. The first kappa shape index (κ1) is 10.6. The van der Waals surface area contributed by atoms with Crippen LogP contribution in [0.15, 0.2) is 0 Å². The van der Waals surface area contributed by atoms with Crippen LogP contribution in [-0.2, 0) is 33.4 Å². The van der Waals surface area contributed by atoms with E-state index in [0.29, 0.717) is 0 Å². The van der Waals surface area contributed by atoms with Crippen molar-refractivity contribution >= 4 is 20.7 Å². The van der Waals surface area contributed by atoms with Gasteiger partial charge in [-0.05, 0) is 0 Å². The van der Waals surface area contributed by atoms with Gasteiger partial charge >= 0.3 is 33.1 Å². The second-order valence-corrected chi connectivity index (χ2v) is 11.3. The van der Waals surface area contributed by atoms with E-state index in [1.54, 1.807) is 0 Å². The molecule has 0 unspecified atom stereocenters. The Morgan fingerprint density at radius 1 is 1.00 bits per heavy atom. The summed E-state index contributed by atoms with van der Waals surface area (Å²) in [5, 5.41) is 0. The molecule has 0 aliphatic carbocycles. The molecular weight excluding hydrogens is 290 g/mol. The van der Waals surface area contributed by atoms with Gasteiger partial charge in [-0.15, -0.1) is 0 Å². The van der Waals surface area contributed by atoms with E-state index in [-0.39, 0.29) is 21.1 Å². The van der Waals surface area contributed by atoms with Gasteiger partial charge in [0.15, 0.2) is 0 Å². The predicted molar refractivity (Wildman–Crippen MR) is 20.8 cm³/mol. The molecule has 0 aliphatic heterocycles. The Bertz CT molecular complexity index is 222. The fourth-order valence-electron chi connectivity index (χ4n) is 0. The molecule has 0 saturated heterocycles. The van der Waals surface area contributed by atoms with E-state index >= 15 is 0 Å². The normalized spacial score (nSPS) is 4.20. The van der Waals surface area contributed by atoms with Gasteiger partial charge in [0, 0.05) is 21.1 Å². The number of hydrogen-bond donors (Lipinski definition) is 0. The first-order valence-electron chi connectivity index (χ1n) is 0.474. The molecule has 0 aromatic heterocycles. The molecule has 0 atom stereocenters. The van der Waals surface area contributed by atoms with Gasteiger partial charge in [0.1, 0.15) is 0 Å². The summed E-state index contributed by atoms with van der Waals surface area (Å²) in [7, 11) is 0. The van der Waals surface area contributed by atoms with Crippen molar-refractivity contribution in [1.82, 2.24) is 0 Å². The average molecular weight is 290 g/mol. The Morgan fingerprint density at radius 2 is 1.00 bits per heavy atom. The van der Waals surface area contributed by atoms with Gasteiger partial charge in [-0.3, -0.25) is 0 Å². The molecule has 0 aromatic carbocycles. The molecule has 0 heterocycles. The van der Waals surface area contributed by atoms with Gasteiger partial charge in [-0.2, -0.15) is 0 Å². The third kappa shape index (κ3) is 20.7. The maximum atomic E-state index is 3.84. The quantitative estimate of drug-likeness (QED) is 0.475. The average Bonchev–Trinajstić information content (AvgIpc) is 0.811. The summed E-state index contributed by atoms with van der Waals surface area (Å²) < 4.78 is 0. The fourth-order valence-corrected chi connectivity index (χ4v) is 0. The van der Waals surface area contributed by atoms with Gasteiger partial charge < -0.3 is 0 Å². The van der Waals surface area contributed by atoms with Crippen LogP contribution < -0.4 is 0 Å². The van der Waals surface area contributed by atoms with Crippen LogP contribution in [0.1, 0.15) is 0 Å².